The van der Waals surface area contributed by atoms with Crippen LogP contribution in [0.1, 0.15) is 6.42 Å². The molecule has 1 amide bonds. The van der Waals surface area contributed by atoms with Gasteiger partial charge in [-0.2, -0.15) is 0 Å². The third-order valence-corrected chi connectivity index (χ3v) is 5.84. The van der Waals surface area contributed by atoms with Gasteiger partial charge in [-0.25, -0.2) is 21.6 Å². The van der Waals surface area contributed by atoms with E-state index >= 15 is 0 Å². The van der Waals surface area contributed by atoms with E-state index in [9.17, 15) is 21.6 Å². The Morgan fingerprint density at radius 2 is 2.11 bits per heavy atom. The number of sulfone groups is 1. The first-order valence-corrected chi connectivity index (χ1v) is 9.33. The van der Waals surface area contributed by atoms with Crippen LogP contribution in [0.3, 0.4) is 0 Å². The molecule has 1 unspecified atom stereocenters. The normalized spacial score (nSPS) is 22.9. The fourth-order valence-corrected chi connectivity index (χ4v) is 3.74. The van der Waals surface area contributed by atoms with Crippen molar-refractivity contribution in [3.63, 3.8) is 0 Å². The van der Waals surface area contributed by atoms with Crippen LogP contribution in [0.4, 0.5) is 0 Å². The summed E-state index contributed by atoms with van der Waals surface area (Å²) in [6.07, 6.45) is 0.0266. The van der Waals surface area contributed by atoms with Crippen LogP contribution in [0.5, 0.6) is 0 Å². The number of carbonyl (C=O) groups excluding carboxylic acids is 1. The Bertz CT molecular complexity index is 514. The molecule has 8 nitrogen and oxygen atoms in total. The summed E-state index contributed by atoms with van der Waals surface area (Å²) in [5, 5.41) is 5.41. The van der Waals surface area contributed by atoms with E-state index < -0.39 is 25.9 Å². The average molecular weight is 313 g/mol. The van der Waals surface area contributed by atoms with Gasteiger partial charge in [0, 0.05) is 25.6 Å². The molecule has 1 atom stereocenters. The van der Waals surface area contributed by atoms with E-state index in [-0.39, 0.29) is 36.1 Å². The molecule has 10 heteroatoms. The molecule has 0 bridgehead atoms. The summed E-state index contributed by atoms with van der Waals surface area (Å²) < 4.78 is 47.1. The van der Waals surface area contributed by atoms with E-state index in [4.69, 9.17) is 0 Å². The maximum atomic E-state index is 11.5. The fraction of sp³-hybridized carbons (Fsp3) is 0.889. The highest BCUT2D eigenvalue weighted by Crippen LogP contribution is 2.04. The van der Waals surface area contributed by atoms with Crippen LogP contribution in [0, 0.1) is 0 Å². The van der Waals surface area contributed by atoms with Crippen LogP contribution >= 0.6 is 0 Å². The molecule has 1 rings (SSSR count). The number of rotatable bonds is 6. The Morgan fingerprint density at radius 1 is 1.42 bits per heavy atom. The average Bonchev–Trinajstić information content (AvgIpc) is 2.27. The maximum Gasteiger partial charge on any atom is 0.221 e. The van der Waals surface area contributed by atoms with Crippen molar-refractivity contribution in [3.05, 3.63) is 0 Å². The minimum Gasteiger partial charge on any atom is -0.355 e. The van der Waals surface area contributed by atoms with E-state index in [0.29, 0.717) is 6.54 Å². The van der Waals surface area contributed by atoms with Gasteiger partial charge < -0.3 is 10.6 Å². The zero-order valence-corrected chi connectivity index (χ0v) is 12.3. The highest BCUT2D eigenvalue weighted by molar-refractivity contribution is 7.91. The lowest BCUT2D eigenvalue weighted by molar-refractivity contribution is -0.121. The van der Waals surface area contributed by atoms with E-state index in [1.54, 1.807) is 0 Å². The van der Waals surface area contributed by atoms with E-state index in [1.807, 2.05) is 0 Å². The Labute approximate surface area is 113 Å². The molecule has 0 radical (unpaired) electrons. The molecule has 0 aromatic rings. The second-order valence-electron chi connectivity index (χ2n) is 4.34. The number of sulfonamides is 1. The summed E-state index contributed by atoms with van der Waals surface area (Å²) in [4.78, 5) is 11.5. The van der Waals surface area contributed by atoms with Crippen LogP contribution in [0.15, 0.2) is 0 Å². The highest BCUT2D eigenvalue weighted by atomic mass is 32.2. The van der Waals surface area contributed by atoms with Crippen molar-refractivity contribution >= 4 is 25.8 Å². The lowest BCUT2D eigenvalue weighted by Crippen LogP contribution is -2.47. The third-order valence-electron chi connectivity index (χ3n) is 2.74. The first kappa shape index (κ1) is 16.3. The van der Waals surface area contributed by atoms with Crippen molar-refractivity contribution in [2.45, 2.75) is 12.5 Å². The summed E-state index contributed by atoms with van der Waals surface area (Å²) in [6, 6.07) is -0.403. The Morgan fingerprint density at radius 3 is 2.68 bits per heavy atom. The predicted octanol–water partition coefficient (Wildman–Crippen LogP) is -2.57. The van der Waals surface area contributed by atoms with Crippen molar-refractivity contribution in [3.8, 4) is 0 Å². The van der Waals surface area contributed by atoms with Crippen LogP contribution in [-0.2, 0) is 24.7 Å². The monoisotopic (exact) mass is 313 g/mol. The highest BCUT2D eigenvalue weighted by Gasteiger charge is 2.25. The van der Waals surface area contributed by atoms with Gasteiger partial charge >= 0.3 is 0 Å². The number of hydrogen-bond donors (Lipinski definition) is 3. The van der Waals surface area contributed by atoms with Gasteiger partial charge in [-0.15, -0.1) is 0 Å². The lowest BCUT2D eigenvalue weighted by Gasteiger charge is -2.23. The van der Waals surface area contributed by atoms with Crippen molar-refractivity contribution in [1.29, 1.82) is 0 Å². The molecule has 1 aliphatic heterocycles. The topological polar surface area (TPSA) is 121 Å². The summed E-state index contributed by atoms with van der Waals surface area (Å²) in [5.74, 6) is -0.534. The first-order valence-electron chi connectivity index (χ1n) is 5.86. The van der Waals surface area contributed by atoms with Crippen molar-refractivity contribution in [1.82, 2.24) is 15.4 Å². The molecular weight excluding hydrogens is 294 g/mol. The Hall–Kier alpha value is -0.710. The predicted molar refractivity (Wildman–Crippen MR) is 70.9 cm³/mol. The number of nitrogens with one attached hydrogen (secondary N) is 3. The minimum absolute atomic E-state index is 0.00146. The molecule has 3 N–H and O–H groups in total. The molecule has 0 saturated carbocycles. The van der Waals surface area contributed by atoms with E-state index in [2.05, 4.69) is 15.4 Å². The maximum absolute atomic E-state index is 11.5. The second kappa shape index (κ2) is 6.64. The standard InChI is InChI=1S/C9H19N3O5S2/c1-10-19(16,17)5-3-12-9(13)6-8-7-18(14,15)4-2-11-8/h8,10-11H,2-7H2,1H3,(H,12,13). The van der Waals surface area contributed by atoms with Crippen LogP contribution in [0.2, 0.25) is 0 Å². The van der Waals surface area contributed by atoms with Crippen molar-refractivity contribution in [2.24, 2.45) is 0 Å². The van der Waals surface area contributed by atoms with Gasteiger partial charge in [-0.3, -0.25) is 4.79 Å². The fourth-order valence-electron chi connectivity index (χ4n) is 1.72. The van der Waals surface area contributed by atoms with Crippen molar-refractivity contribution in [2.75, 3.05) is 37.4 Å². The van der Waals surface area contributed by atoms with Gasteiger partial charge in [0.15, 0.2) is 9.84 Å². The van der Waals surface area contributed by atoms with E-state index in [1.165, 1.54) is 7.05 Å². The third kappa shape index (κ3) is 6.32. The Kier molecular flexibility index (Phi) is 5.71. The molecule has 1 aliphatic rings. The summed E-state index contributed by atoms with van der Waals surface area (Å²) in [6.45, 7) is 0.343. The number of hydrogen-bond acceptors (Lipinski definition) is 6. The van der Waals surface area contributed by atoms with Crippen LogP contribution in [0.25, 0.3) is 0 Å². The molecule has 1 fully saturated rings. The zero-order chi connectivity index (χ0) is 14.5. The molecule has 0 aromatic carbocycles. The van der Waals surface area contributed by atoms with Crippen LogP contribution in [-0.4, -0.2) is 66.2 Å². The van der Waals surface area contributed by atoms with Crippen LogP contribution < -0.4 is 15.4 Å². The van der Waals surface area contributed by atoms with Gasteiger partial charge in [0.1, 0.15) is 0 Å². The minimum atomic E-state index is -3.34. The van der Waals surface area contributed by atoms with Crippen molar-refractivity contribution < 1.29 is 21.6 Å². The van der Waals surface area contributed by atoms with Gasteiger partial charge in [0.2, 0.25) is 15.9 Å². The van der Waals surface area contributed by atoms with E-state index in [0.717, 1.165) is 0 Å². The zero-order valence-electron chi connectivity index (χ0n) is 10.7. The molecule has 0 spiro atoms. The van der Waals surface area contributed by atoms with Gasteiger partial charge in [-0.1, -0.05) is 0 Å². The molecule has 0 aromatic heterocycles. The summed E-state index contributed by atoms with van der Waals surface area (Å²) in [7, 11) is -5.12. The Balaban J connectivity index is 2.32. The van der Waals surface area contributed by atoms with Gasteiger partial charge in [0.05, 0.1) is 17.3 Å². The molecule has 19 heavy (non-hydrogen) atoms. The molecular formula is C9H19N3O5S2. The number of amides is 1. The SMILES string of the molecule is CNS(=O)(=O)CCNC(=O)CC1CS(=O)(=O)CCN1. The molecule has 0 aliphatic carbocycles. The molecule has 1 heterocycles. The summed E-state index contributed by atoms with van der Waals surface area (Å²) in [5.41, 5.74) is 0. The van der Waals surface area contributed by atoms with Gasteiger partial charge in [0.25, 0.3) is 0 Å². The summed E-state index contributed by atoms with van der Waals surface area (Å²) >= 11 is 0. The van der Waals surface area contributed by atoms with Gasteiger partial charge in [-0.05, 0) is 7.05 Å². The smallest absolute Gasteiger partial charge is 0.221 e. The largest absolute Gasteiger partial charge is 0.355 e. The second-order valence-corrected chi connectivity index (χ2v) is 8.62. The lowest BCUT2D eigenvalue weighted by atomic mass is 10.2. The molecule has 112 valence electrons. The number of carbonyl (C=O) groups is 1. The quantitative estimate of drug-likeness (QED) is 0.495. The molecule has 1 saturated heterocycles. The first-order chi connectivity index (χ1) is 8.74.